The van der Waals surface area contributed by atoms with E-state index in [1.54, 1.807) is 13.4 Å². The fraction of sp³-hybridized carbons (Fsp3) is 0.292. The molecule has 6 nitrogen and oxygen atoms in total. The van der Waals surface area contributed by atoms with Crippen LogP contribution in [-0.2, 0) is 6.54 Å². The number of furan rings is 1. The molecule has 0 amide bonds. The lowest BCUT2D eigenvalue weighted by Gasteiger charge is -2.30. The molecule has 0 spiro atoms. The van der Waals surface area contributed by atoms with Crippen LogP contribution in [0.2, 0.25) is 0 Å². The van der Waals surface area contributed by atoms with Gasteiger partial charge in [0.15, 0.2) is 0 Å². The van der Waals surface area contributed by atoms with E-state index in [2.05, 4.69) is 29.4 Å². The van der Waals surface area contributed by atoms with E-state index in [-0.39, 0.29) is 6.04 Å². The molecule has 0 saturated heterocycles. The summed E-state index contributed by atoms with van der Waals surface area (Å²) in [4.78, 5) is 7.22. The van der Waals surface area contributed by atoms with Crippen LogP contribution < -0.4 is 15.8 Å². The van der Waals surface area contributed by atoms with E-state index in [0.29, 0.717) is 12.2 Å². The molecule has 0 bridgehead atoms. The van der Waals surface area contributed by atoms with E-state index in [0.717, 1.165) is 46.3 Å². The summed E-state index contributed by atoms with van der Waals surface area (Å²) in [5.41, 5.74) is 9.87. The van der Waals surface area contributed by atoms with Crippen molar-refractivity contribution < 1.29 is 9.15 Å². The molecule has 0 fully saturated rings. The second-order valence-electron chi connectivity index (χ2n) is 7.59. The summed E-state index contributed by atoms with van der Waals surface area (Å²) >= 11 is 0. The van der Waals surface area contributed by atoms with Crippen LogP contribution in [-0.4, -0.2) is 37.6 Å². The Morgan fingerprint density at radius 3 is 2.73 bits per heavy atom. The quantitative estimate of drug-likeness (QED) is 0.336. The molecule has 0 aliphatic heterocycles. The van der Waals surface area contributed by atoms with Crippen LogP contribution in [0.4, 0.5) is 5.69 Å². The smallest absolute Gasteiger partial charge is 0.119 e. The molecule has 0 aliphatic carbocycles. The first kappa shape index (κ1) is 20.2. The topological polar surface area (TPSA) is 76.6 Å². The van der Waals surface area contributed by atoms with Gasteiger partial charge in [-0.25, -0.2) is 4.98 Å². The van der Waals surface area contributed by atoms with Gasteiger partial charge in [-0.1, -0.05) is 6.07 Å². The van der Waals surface area contributed by atoms with Crippen LogP contribution >= 0.6 is 0 Å². The van der Waals surface area contributed by atoms with Crippen LogP contribution in [0.1, 0.15) is 23.8 Å². The Kier molecular flexibility index (Phi) is 5.88. The van der Waals surface area contributed by atoms with Gasteiger partial charge in [-0.3, -0.25) is 4.90 Å². The summed E-state index contributed by atoms with van der Waals surface area (Å²) in [5, 5.41) is 5.50. The predicted octanol–water partition coefficient (Wildman–Crippen LogP) is 4.35. The summed E-state index contributed by atoms with van der Waals surface area (Å²) in [6.07, 6.45) is 2.65. The molecular weight excluding hydrogens is 376 g/mol. The van der Waals surface area contributed by atoms with Crippen molar-refractivity contribution in [2.45, 2.75) is 19.0 Å². The highest BCUT2D eigenvalue weighted by atomic mass is 16.5. The molecule has 1 unspecified atom stereocenters. The molecule has 4 rings (SSSR count). The van der Waals surface area contributed by atoms with Crippen molar-refractivity contribution in [2.75, 3.05) is 33.5 Å². The van der Waals surface area contributed by atoms with E-state index < -0.39 is 0 Å². The third kappa shape index (κ3) is 3.97. The van der Waals surface area contributed by atoms with E-state index >= 15 is 0 Å². The number of aromatic nitrogens is 1. The van der Waals surface area contributed by atoms with Crippen molar-refractivity contribution in [3.63, 3.8) is 0 Å². The second-order valence-corrected chi connectivity index (χ2v) is 7.59. The lowest BCUT2D eigenvalue weighted by molar-refractivity contribution is 0.210. The Bertz CT molecular complexity index is 1140. The Balaban J connectivity index is 1.93. The van der Waals surface area contributed by atoms with Gasteiger partial charge in [-0.2, -0.15) is 0 Å². The van der Waals surface area contributed by atoms with Crippen molar-refractivity contribution in [3.8, 4) is 5.75 Å². The fourth-order valence-electron chi connectivity index (χ4n) is 4.08. The highest BCUT2D eigenvalue weighted by Gasteiger charge is 2.23. The number of nitrogens with zero attached hydrogens (tertiary/aromatic N) is 2. The van der Waals surface area contributed by atoms with Crippen molar-refractivity contribution in [2.24, 2.45) is 0 Å². The van der Waals surface area contributed by atoms with E-state index in [9.17, 15) is 0 Å². The molecule has 4 aromatic rings. The van der Waals surface area contributed by atoms with Crippen LogP contribution in [0.25, 0.3) is 21.8 Å². The minimum Gasteiger partial charge on any atom is -0.497 e. The number of anilines is 1. The number of benzene rings is 2. The number of ether oxygens (including phenoxy) is 1. The summed E-state index contributed by atoms with van der Waals surface area (Å²) in [6.45, 7) is 1.60. The molecule has 0 radical (unpaired) electrons. The summed E-state index contributed by atoms with van der Waals surface area (Å²) in [5.74, 6) is 1.76. The average Bonchev–Trinajstić information content (AvgIpc) is 3.25. The Labute approximate surface area is 176 Å². The monoisotopic (exact) mass is 404 g/mol. The highest BCUT2D eigenvalue weighted by molar-refractivity contribution is 5.99. The minimum absolute atomic E-state index is 0.145. The molecule has 6 heteroatoms. The maximum Gasteiger partial charge on any atom is 0.119 e. The molecule has 0 saturated carbocycles. The molecular formula is C24H28N4O2. The van der Waals surface area contributed by atoms with Gasteiger partial charge in [-0.05, 0) is 75.1 Å². The molecule has 2 aromatic carbocycles. The third-order valence-corrected chi connectivity index (χ3v) is 5.57. The molecule has 30 heavy (non-hydrogen) atoms. The van der Waals surface area contributed by atoms with Gasteiger partial charge in [0.05, 0.1) is 31.0 Å². The first-order valence-corrected chi connectivity index (χ1v) is 10.1. The number of fused-ring (bicyclic) bond motifs is 2. The van der Waals surface area contributed by atoms with Crippen molar-refractivity contribution >= 4 is 27.5 Å². The number of hydrogen-bond acceptors (Lipinski definition) is 6. The van der Waals surface area contributed by atoms with Crippen molar-refractivity contribution in [1.29, 1.82) is 0 Å². The number of methoxy groups -OCH3 is 1. The summed E-state index contributed by atoms with van der Waals surface area (Å²) < 4.78 is 11.1. The fourth-order valence-corrected chi connectivity index (χ4v) is 4.08. The zero-order chi connectivity index (χ0) is 21.1. The van der Waals surface area contributed by atoms with Gasteiger partial charge in [0.1, 0.15) is 11.5 Å². The minimum atomic E-state index is 0.145. The lowest BCUT2D eigenvalue weighted by Crippen LogP contribution is -2.27. The molecule has 156 valence electrons. The van der Waals surface area contributed by atoms with Gasteiger partial charge < -0.3 is 20.2 Å². The first-order valence-electron chi connectivity index (χ1n) is 10.1. The Morgan fingerprint density at radius 2 is 2.00 bits per heavy atom. The summed E-state index contributed by atoms with van der Waals surface area (Å²) in [6, 6.07) is 16.1. The SMILES string of the molecule is CNCCC(c1c2ccc(N)cc2nc2ccc(OC)cc12)N(C)Cc1ccco1. The third-order valence-electron chi connectivity index (χ3n) is 5.57. The standard InChI is InChI=1S/C24H28N4O2/c1-26-11-10-23(28(2)15-18-5-4-12-30-18)24-19-8-6-16(25)13-22(19)27-21-9-7-17(29-3)14-20(21)24/h4-9,12-14,23,26H,10-11,15,25H2,1-3H3. The van der Waals surface area contributed by atoms with Gasteiger partial charge in [-0.15, -0.1) is 0 Å². The number of pyridine rings is 1. The maximum atomic E-state index is 6.08. The molecule has 1 atom stereocenters. The van der Waals surface area contributed by atoms with E-state index in [1.165, 1.54) is 5.56 Å². The van der Waals surface area contributed by atoms with Crippen molar-refractivity contribution in [1.82, 2.24) is 15.2 Å². The largest absolute Gasteiger partial charge is 0.497 e. The summed E-state index contributed by atoms with van der Waals surface area (Å²) in [7, 11) is 5.81. The van der Waals surface area contributed by atoms with Crippen LogP contribution in [0.3, 0.4) is 0 Å². The van der Waals surface area contributed by atoms with Gasteiger partial charge in [0, 0.05) is 22.5 Å². The Morgan fingerprint density at radius 1 is 1.13 bits per heavy atom. The lowest BCUT2D eigenvalue weighted by atomic mass is 9.93. The zero-order valence-electron chi connectivity index (χ0n) is 17.7. The normalized spacial score (nSPS) is 12.7. The Hall–Kier alpha value is -3.09. The first-order chi connectivity index (χ1) is 14.6. The molecule has 2 aromatic heterocycles. The number of rotatable bonds is 8. The number of hydrogen-bond donors (Lipinski definition) is 2. The van der Waals surface area contributed by atoms with Crippen LogP contribution in [0.15, 0.2) is 59.2 Å². The number of nitrogen functional groups attached to an aromatic ring is 1. The number of nitrogens with two attached hydrogens (primary N) is 1. The number of nitrogens with one attached hydrogen (secondary N) is 1. The molecule has 2 heterocycles. The molecule has 3 N–H and O–H groups in total. The zero-order valence-corrected chi connectivity index (χ0v) is 17.7. The highest BCUT2D eigenvalue weighted by Crippen LogP contribution is 2.37. The second kappa shape index (κ2) is 8.73. The van der Waals surface area contributed by atoms with Gasteiger partial charge in [0.25, 0.3) is 0 Å². The van der Waals surface area contributed by atoms with E-state index in [1.807, 2.05) is 43.4 Å². The maximum absolute atomic E-state index is 6.08. The predicted molar refractivity (Wildman–Crippen MR) is 122 cm³/mol. The van der Waals surface area contributed by atoms with Gasteiger partial charge in [0.2, 0.25) is 0 Å². The average molecular weight is 405 g/mol. The van der Waals surface area contributed by atoms with Crippen LogP contribution in [0.5, 0.6) is 5.75 Å². The van der Waals surface area contributed by atoms with Gasteiger partial charge >= 0.3 is 0 Å². The van der Waals surface area contributed by atoms with Crippen LogP contribution in [0, 0.1) is 0 Å². The van der Waals surface area contributed by atoms with E-state index in [4.69, 9.17) is 19.9 Å². The van der Waals surface area contributed by atoms with Crippen molar-refractivity contribution in [3.05, 3.63) is 66.1 Å². The molecule has 0 aliphatic rings.